The first-order chi connectivity index (χ1) is 31.2. The number of rotatable bonds is 6. The second-order valence-electron chi connectivity index (χ2n) is 16.4. The Balaban J connectivity index is 1.05. The minimum atomic E-state index is 0.905. The van der Waals surface area contributed by atoms with Crippen LogP contribution in [0.4, 0.5) is 17.1 Å². The smallest absolute Gasteiger partial charge is 0.136 e. The van der Waals surface area contributed by atoms with Gasteiger partial charge in [0.1, 0.15) is 11.2 Å². The topological polar surface area (TPSA) is 16.4 Å². The van der Waals surface area contributed by atoms with Crippen molar-refractivity contribution in [2.24, 2.45) is 0 Å². The van der Waals surface area contributed by atoms with Crippen LogP contribution in [-0.2, 0) is 0 Å². The first-order valence-corrected chi connectivity index (χ1v) is 22.3. The van der Waals surface area contributed by atoms with Crippen molar-refractivity contribution in [1.29, 1.82) is 0 Å². The van der Waals surface area contributed by atoms with Crippen molar-refractivity contribution in [3.8, 4) is 33.4 Å². The van der Waals surface area contributed by atoms with E-state index in [2.05, 4.69) is 217 Å². The summed E-state index contributed by atoms with van der Waals surface area (Å²) in [4.78, 5) is 2.47. The average molecular weight is 820 g/mol. The third-order valence-corrected chi connectivity index (χ3v) is 14.0. The minimum absolute atomic E-state index is 0.905. The van der Waals surface area contributed by atoms with E-state index < -0.39 is 0 Å². The zero-order valence-corrected chi connectivity index (χ0v) is 34.9. The van der Waals surface area contributed by atoms with Gasteiger partial charge in [-0.3, -0.25) is 0 Å². The van der Waals surface area contributed by atoms with Crippen LogP contribution in [0.3, 0.4) is 0 Å². The highest BCUT2D eigenvalue weighted by Crippen LogP contribution is 2.48. The molecular formula is C60H37NOS. The zero-order valence-electron chi connectivity index (χ0n) is 34.1. The lowest BCUT2D eigenvalue weighted by Crippen LogP contribution is -2.10. The first kappa shape index (κ1) is 35.7. The molecule has 0 amide bonds. The Hall–Kier alpha value is -7.98. The van der Waals surface area contributed by atoms with Crippen molar-refractivity contribution in [1.82, 2.24) is 0 Å². The van der Waals surface area contributed by atoms with Gasteiger partial charge in [0.05, 0.1) is 5.69 Å². The van der Waals surface area contributed by atoms with Crippen molar-refractivity contribution >= 4 is 103 Å². The van der Waals surface area contributed by atoms with Crippen molar-refractivity contribution in [3.05, 3.63) is 224 Å². The maximum atomic E-state index is 6.40. The predicted octanol–water partition coefficient (Wildman–Crippen LogP) is 17.9. The van der Waals surface area contributed by atoms with Crippen molar-refractivity contribution in [3.63, 3.8) is 0 Å². The van der Waals surface area contributed by atoms with Crippen LogP contribution < -0.4 is 4.90 Å². The van der Waals surface area contributed by atoms with Gasteiger partial charge in [0.2, 0.25) is 0 Å². The van der Waals surface area contributed by atoms with E-state index in [0.717, 1.165) is 44.6 Å². The van der Waals surface area contributed by atoms with E-state index in [1.807, 2.05) is 23.5 Å². The summed E-state index contributed by atoms with van der Waals surface area (Å²) in [5, 5.41) is 12.1. The number of furan rings is 1. The predicted molar refractivity (Wildman–Crippen MR) is 270 cm³/mol. The summed E-state index contributed by atoms with van der Waals surface area (Å²) in [6.45, 7) is 0. The molecule has 0 saturated carbocycles. The van der Waals surface area contributed by atoms with Gasteiger partial charge in [-0.25, -0.2) is 0 Å². The van der Waals surface area contributed by atoms with E-state index in [1.54, 1.807) is 0 Å². The summed E-state index contributed by atoms with van der Waals surface area (Å²) >= 11 is 1.85. The SMILES string of the molecule is c1ccc(-c2ccc(N(c3ccc4cc(-c5ccccc5)c5ccccc5c4c3)c3ccc4sc5cccc(-c6ccc7c(c6)oc6ccccc67)c5c4c3)c3ccccc23)cc1. The van der Waals surface area contributed by atoms with Crippen LogP contribution in [0.2, 0.25) is 0 Å². The summed E-state index contributed by atoms with van der Waals surface area (Å²) in [5.74, 6) is 0. The van der Waals surface area contributed by atoms with Crippen molar-refractivity contribution in [2.75, 3.05) is 4.90 Å². The molecule has 0 spiro atoms. The van der Waals surface area contributed by atoms with Crippen LogP contribution in [0.5, 0.6) is 0 Å². The maximum absolute atomic E-state index is 6.40. The quantitative estimate of drug-likeness (QED) is 0.155. The number of hydrogen-bond donors (Lipinski definition) is 0. The van der Waals surface area contributed by atoms with Gasteiger partial charge in [-0.2, -0.15) is 0 Å². The van der Waals surface area contributed by atoms with Gasteiger partial charge in [0.15, 0.2) is 0 Å². The fourth-order valence-electron chi connectivity index (χ4n) is 9.95. The molecule has 0 saturated heterocycles. The van der Waals surface area contributed by atoms with Crippen LogP contribution in [0.25, 0.3) is 108 Å². The molecule has 0 N–H and O–H groups in total. The number of para-hydroxylation sites is 1. The van der Waals surface area contributed by atoms with Gasteiger partial charge in [-0.1, -0.05) is 158 Å². The molecule has 3 heteroatoms. The third kappa shape index (κ3) is 5.78. The van der Waals surface area contributed by atoms with E-state index in [-0.39, 0.29) is 0 Å². The lowest BCUT2D eigenvalue weighted by atomic mass is 9.92. The Kier molecular flexibility index (Phi) is 8.12. The lowest BCUT2D eigenvalue weighted by Gasteiger charge is -2.28. The van der Waals surface area contributed by atoms with E-state index in [9.17, 15) is 0 Å². The molecule has 0 atom stereocenters. The van der Waals surface area contributed by atoms with E-state index >= 15 is 0 Å². The summed E-state index contributed by atoms with van der Waals surface area (Å²) in [6, 6.07) is 81.9. The Labute approximate surface area is 368 Å². The number of nitrogens with zero attached hydrogens (tertiary/aromatic N) is 1. The van der Waals surface area contributed by atoms with Gasteiger partial charge in [0.25, 0.3) is 0 Å². The molecule has 294 valence electrons. The lowest BCUT2D eigenvalue weighted by molar-refractivity contribution is 0.669. The first-order valence-electron chi connectivity index (χ1n) is 21.5. The summed E-state index contributed by atoms with van der Waals surface area (Å²) in [7, 11) is 0. The molecule has 2 nitrogen and oxygen atoms in total. The van der Waals surface area contributed by atoms with E-state index in [1.165, 1.54) is 80.3 Å². The molecule has 0 aliphatic heterocycles. The van der Waals surface area contributed by atoms with Crippen LogP contribution >= 0.6 is 11.3 Å². The maximum Gasteiger partial charge on any atom is 0.136 e. The molecule has 0 aliphatic carbocycles. The number of thiophene rings is 1. The Bertz CT molecular complexity index is 3920. The monoisotopic (exact) mass is 819 g/mol. The van der Waals surface area contributed by atoms with Crippen molar-refractivity contribution in [2.45, 2.75) is 0 Å². The molecule has 63 heavy (non-hydrogen) atoms. The number of anilines is 3. The van der Waals surface area contributed by atoms with Crippen LogP contribution in [-0.4, -0.2) is 0 Å². The molecule has 0 fully saturated rings. The van der Waals surface area contributed by atoms with Crippen LogP contribution in [0.15, 0.2) is 229 Å². The Morgan fingerprint density at radius 2 is 0.952 bits per heavy atom. The molecule has 0 bridgehead atoms. The Morgan fingerprint density at radius 3 is 1.75 bits per heavy atom. The second-order valence-corrected chi connectivity index (χ2v) is 17.5. The molecule has 0 unspecified atom stereocenters. The number of benzene rings is 11. The Morgan fingerprint density at radius 1 is 0.317 bits per heavy atom. The molecule has 13 aromatic rings. The minimum Gasteiger partial charge on any atom is -0.456 e. The van der Waals surface area contributed by atoms with Gasteiger partial charge in [-0.05, 0) is 127 Å². The standard InChI is InChI=1S/C60H37NOS/c1-3-14-38(15-4-1)44-31-32-55(49-21-10-9-18-46(44)49)61(42-28-26-40-34-52(39-16-5-2-6-17-39)47-19-7-8-20-48(47)53(40)36-42)43-29-33-58-54(37-43)60-45(23-13-25-59(60)63-58)41-27-30-51-50-22-11-12-24-56(50)62-57(51)35-41/h1-37H. The number of fused-ring (bicyclic) bond motifs is 10. The average Bonchev–Trinajstić information content (AvgIpc) is 3.92. The molecule has 11 aromatic carbocycles. The van der Waals surface area contributed by atoms with Gasteiger partial charge < -0.3 is 9.32 Å². The van der Waals surface area contributed by atoms with Crippen LogP contribution in [0.1, 0.15) is 0 Å². The zero-order chi connectivity index (χ0) is 41.4. The van der Waals surface area contributed by atoms with Gasteiger partial charge in [0, 0.05) is 47.7 Å². The largest absolute Gasteiger partial charge is 0.456 e. The fourth-order valence-corrected chi connectivity index (χ4v) is 11.1. The summed E-state index contributed by atoms with van der Waals surface area (Å²) < 4.78 is 8.92. The molecule has 0 aliphatic rings. The molecule has 13 rings (SSSR count). The van der Waals surface area contributed by atoms with E-state index in [0.29, 0.717) is 0 Å². The fraction of sp³-hybridized carbons (Fsp3) is 0. The van der Waals surface area contributed by atoms with E-state index in [4.69, 9.17) is 4.42 Å². The summed E-state index contributed by atoms with van der Waals surface area (Å²) in [5.41, 5.74) is 12.4. The normalized spacial score (nSPS) is 11.8. The molecule has 2 heterocycles. The second kappa shape index (κ2) is 14.3. The van der Waals surface area contributed by atoms with Gasteiger partial charge in [-0.15, -0.1) is 11.3 Å². The summed E-state index contributed by atoms with van der Waals surface area (Å²) in [6.07, 6.45) is 0. The highest BCUT2D eigenvalue weighted by atomic mass is 32.1. The highest BCUT2D eigenvalue weighted by Gasteiger charge is 2.21. The number of hydrogen-bond acceptors (Lipinski definition) is 3. The highest BCUT2D eigenvalue weighted by molar-refractivity contribution is 7.26. The third-order valence-electron chi connectivity index (χ3n) is 12.8. The van der Waals surface area contributed by atoms with Gasteiger partial charge >= 0.3 is 0 Å². The molecule has 0 radical (unpaired) electrons. The molecule has 2 aromatic heterocycles. The molecular weight excluding hydrogens is 783 g/mol. The van der Waals surface area contributed by atoms with Crippen LogP contribution in [0, 0.1) is 0 Å². The van der Waals surface area contributed by atoms with Crippen molar-refractivity contribution < 1.29 is 4.42 Å².